The number of amides is 2. The fourth-order valence-electron chi connectivity index (χ4n) is 4.21. The van der Waals surface area contributed by atoms with Gasteiger partial charge in [-0.1, -0.05) is 51.8 Å². The van der Waals surface area contributed by atoms with Crippen molar-refractivity contribution in [1.82, 2.24) is 20.1 Å². The second kappa shape index (κ2) is 11.7. The van der Waals surface area contributed by atoms with Gasteiger partial charge in [0.15, 0.2) is 0 Å². The number of nitrogens with one attached hydrogen (secondary N) is 2. The van der Waals surface area contributed by atoms with Crippen LogP contribution in [0.15, 0.2) is 46.9 Å². The third kappa shape index (κ3) is 7.37. The van der Waals surface area contributed by atoms with E-state index in [1.165, 1.54) is 0 Å². The first-order valence-corrected chi connectivity index (χ1v) is 13.5. The SMILES string of the molecule is CC(C)(C)OC(=O)N1CCN(CCNC(=O)c2c(/C=C/c3ccc(Cl)cc3)[nH]c3cc(Br)ccc23)CC1. The molecule has 37 heavy (non-hydrogen) atoms. The van der Waals surface area contributed by atoms with E-state index in [-0.39, 0.29) is 12.0 Å². The number of hydrogen-bond acceptors (Lipinski definition) is 4. The Morgan fingerprint density at radius 2 is 1.78 bits per heavy atom. The summed E-state index contributed by atoms with van der Waals surface area (Å²) in [6.45, 7) is 9.53. The number of aromatic amines is 1. The molecule has 2 N–H and O–H groups in total. The first kappa shape index (κ1) is 27.2. The summed E-state index contributed by atoms with van der Waals surface area (Å²) in [5.41, 5.74) is 2.73. The normalized spacial score (nSPS) is 14.9. The highest BCUT2D eigenvalue weighted by molar-refractivity contribution is 9.10. The zero-order valence-corrected chi connectivity index (χ0v) is 23.7. The maximum absolute atomic E-state index is 13.3. The molecule has 196 valence electrons. The molecule has 0 spiro atoms. The number of hydrogen-bond donors (Lipinski definition) is 2. The molecule has 2 heterocycles. The minimum Gasteiger partial charge on any atom is -0.444 e. The first-order chi connectivity index (χ1) is 17.6. The average molecular weight is 588 g/mol. The Morgan fingerprint density at radius 1 is 1.08 bits per heavy atom. The van der Waals surface area contributed by atoms with Crippen molar-refractivity contribution < 1.29 is 14.3 Å². The molecule has 9 heteroatoms. The summed E-state index contributed by atoms with van der Waals surface area (Å²) in [7, 11) is 0. The molecule has 7 nitrogen and oxygen atoms in total. The van der Waals surface area contributed by atoms with Gasteiger partial charge in [0.1, 0.15) is 5.60 Å². The highest BCUT2D eigenvalue weighted by atomic mass is 79.9. The molecule has 1 aromatic heterocycles. The molecule has 2 aromatic carbocycles. The Hall–Kier alpha value is -2.81. The number of benzene rings is 2. The van der Waals surface area contributed by atoms with Crippen molar-refractivity contribution in [2.75, 3.05) is 39.3 Å². The van der Waals surface area contributed by atoms with E-state index in [2.05, 4.69) is 31.1 Å². The lowest BCUT2D eigenvalue weighted by molar-refractivity contribution is 0.0147. The number of halogens is 2. The molecule has 0 radical (unpaired) electrons. The van der Waals surface area contributed by atoms with Crippen molar-refractivity contribution in [3.8, 4) is 0 Å². The molecule has 0 aliphatic carbocycles. The molecule has 2 amide bonds. The predicted octanol–water partition coefficient (Wildman–Crippen LogP) is 6.04. The highest BCUT2D eigenvalue weighted by Gasteiger charge is 2.26. The summed E-state index contributed by atoms with van der Waals surface area (Å²) in [5.74, 6) is -0.128. The molecule has 1 aliphatic rings. The zero-order valence-electron chi connectivity index (χ0n) is 21.3. The van der Waals surface area contributed by atoms with E-state index < -0.39 is 5.60 Å². The molecule has 3 aromatic rings. The molecule has 1 saturated heterocycles. The van der Waals surface area contributed by atoms with Gasteiger partial charge in [-0.3, -0.25) is 9.69 Å². The number of H-pyrrole nitrogens is 1. The van der Waals surface area contributed by atoms with Gasteiger partial charge in [-0.2, -0.15) is 0 Å². The molecule has 0 atom stereocenters. The molecule has 1 fully saturated rings. The Balaban J connectivity index is 1.38. The third-order valence-electron chi connectivity index (χ3n) is 6.07. The predicted molar refractivity (Wildman–Crippen MR) is 153 cm³/mol. The summed E-state index contributed by atoms with van der Waals surface area (Å²) >= 11 is 9.51. The van der Waals surface area contributed by atoms with Gasteiger partial charge in [0.25, 0.3) is 5.91 Å². The van der Waals surface area contributed by atoms with Crippen LogP contribution in [0.4, 0.5) is 4.79 Å². The van der Waals surface area contributed by atoms with Crippen LogP contribution in [-0.4, -0.2) is 71.7 Å². The van der Waals surface area contributed by atoms with Crippen molar-refractivity contribution in [3.63, 3.8) is 0 Å². The van der Waals surface area contributed by atoms with Gasteiger partial charge in [-0.25, -0.2) is 4.79 Å². The van der Waals surface area contributed by atoms with Crippen LogP contribution < -0.4 is 5.32 Å². The lowest BCUT2D eigenvalue weighted by Crippen LogP contribution is -2.51. The van der Waals surface area contributed by atoms with Crippen LogP contribution in [0.25, 0.3) is 23.1 Å². The second-order valence-corrected chi connectivity index (χ2v) is 11.4. The van der Waals surface area contributed by atoms with Crippen LogP contribution in [0.5, 0.6) is 0 Å². The Labute approximate surface area is 230 Å². The van der Waals surface area contributed by atoms with Gasteiger partial charge in [-0.05, 0) is 56.7 Å². The summed E-state index contributed by atoms with van der Waals surface area (Å²) in [5, 5.41) is 4.62. The van der Waals surface area contributed by atoms with Crippen LogP contribution in [0.1, 0.15) is 42.4 Å². The smallest absolute Gasteiger partial charge is 0.410 e. The van der Waals surface area contributed by atoms with Gasteiger partial charge in [0.05, 0.1) is 11.3 Å². The molecule has 0 bridgehead atoms. The Bertz CT molecular complexity index is 1290. The van der Waals surface area contributed by atoms with Crippen molar-refractivity contribution >= 4 is 62.6 Å². The van der Waals surface area contributed by atoms with E-state index in [1.54, 1.807) is 4.90 Å². The number of aromatic nitrogens is 1. The van der Waals surface area contributed by atoms with E-state index in [9.17, 15) is 9.59 Å². The number of piperazine rings is 1. The van der Waals surface area contributed by atoms with E-state index in [0.29, 0.717) is 36.8 Å². The third-order valence-corrected chi connectivity index (χ3v) is 6.81. The summed E-state index contributed by atoms with van der Waals surface area (Å²) < 4.78 is 6.40. The lowest BCUT2D eigenvalue weighted by Gasteiger charge is -2.35. The molecule has 1 aliphatic heterocycles. The van der Waals surface area contributed by atoms with Crippen LogP contribution >= 0.6 is 27.5 Å². The number of ether oxygens (including phenoxy) is 1. The zero-order chi connectivity index (χ0) is 26.6. The Morgan fingerprint density at radius 3 is 2.46 bits per heavy atom. The number of carbonyl (C=O) groups is 2. The molecule has 0 unspecified atom stereocenters. The number of nitrogens with zero attached hydrogens (tertiary/aromatic N) is 2. The minimum atomic E-state index is -0.500. The van der Waals surface area contributed by atoms with Crippen molar-refractivity contribution in [1.29, 1.82) is 0 Å². The van der Waals surface area contributed by atoms with Gasteiger partial charge < -0.3 is 19.9 Å². The van der Waals surface area contributed by atoms with Crippen LogP contribution in [0, 0.1) is 0 Å². The van der Waals surface area contributed by atoms with Crippen LogP contribution in [0.3, 0.4) is 0 Å². The van der Waals surface area contributed by atoms with E-state index in [0.717, 1.165) is 39.7 Å². The van der Waals surface area contributed by atoms with Crippen molar-refractivity contribution in [2.24, 2.45) is 0 Å². The number of fused-ring (bicyclic) bond motifs is 1. The van der Waals surface area contributed by atoms with Crippen molar-refractivity contribution in [2.45, 2.75) is 26.4 Å². The topological polar surface area (TPSA) is 77.7 Å². The highest BCUT2D eigenvalue weighted by Crippen LogP contribution is 2.27. The minimum absolute atomic E-state index is 0.128. The number of rotatable bonds is 6. The second-order valence-electron chi connectivity index (χ2n) is 10.1. The van der Waals surface area contributed by atoms with Gasteiger partial charge in [0.2, 0.25) is 0 Å². The first-order valence-electron chi connectivity index (χ1n) is 12.3. The van der Waals surface area contributed by atoms with Gasteiger partial charge in [0, 0.05) is 59.7 Å². The fourth-order valence-corrected chi connectivity index (χ4v) is 4.70. The maximum Gasteiger partial charge on any atom is 0.410 e. The Kier molecular flexibility index (Phi) is 8.62. The standard InChI is InChI=1S/C28H32BrClN4O3/c1-28(2,3)37-27(36)34-16-14-33(15-17-34)13-12-31-26(35)25-22-10-7-20(29)18-24(22)32-23(25)11-6-19-4-8-21(30)9-5-19/h4-11,18,32H,12-17H2,1-3H3,(H,31,35)/b11-6+. The average Bonchev–Trinajstić information content (AvgIpc) is 3.20. The van der Waals surface area contributed by atoms with Crippen molar-refractivity contribution in [3.05, 3.63) is 68.8 Å². The quantitative estimate of drug-likeness (QED) is 0.369. The van der Waals surface area contributed by atoms with Gasteiger partial charge >= 0.3 is 6.09 Å². The van der Waals surface area contributed by atoms with E-state index in [1.807, 2.05) is 75.4 Å². The van der Waals surface area contributed by atoms with E-state index in [4.69, 9.17) is 16.3 Å². The molecule has 0 saturated carbocycles. The number of carbonyl (C=O) groups excluding carboxylic acids is 2. The largest absolute Gasteiger partial charge is 0.444 e. The molecular formula is C28H32BrClN4O3. The van der Waals surface area contributed by atoms with Gasteiger partial charge in [-0.15, -0.1) is 0 Å². The monoisotopic (exact) mass is 586 g/mol. The lowest BCUT2D eigenvalue weighted by atomic mass is 10.1. The fraction of sp³-hybridized carbons (Fsp3) is 0.357. The maximum atomic E-state index is 13.3. The van der Waals surface area contributed by atoms with E-state index >= 15 is 0 Å². The summed E-state index contributed by atoms with van der Waals surface area (Å²) in [4.78, 5) is 33.0. The summed E-state index contributed by atoms with van der Waals surface area (Å²) in [6, 6.07) is 13.4. The summed E-state index contributed by atoms with van der Waals surface area (Å²) in [6.07, 6.45) is 3.60. The van der Waals surface area contributed by atoms with Crippen LogP contribution in [0.2, 0.25) is 5.02 Å². The van der Waals surface area contributed by atoms with Crippen LogP contribution in [-0.2, 0) is 4.74 Å². The molecular weight excluding hydrogens is 556 g/mol. The molecule has 4 rings (SSSR count).